The molecule has 1 atom stereocenters. The molecule has 0 N–H and O–H groups in total. The summed E-state index contributed by atoms with van der Waals surface area (Å²) in [5, 5.41) is 10.9. The fourth-order valence-electron chi connectivity index (χ4n) is 3.58. The predicted octanol–water partition coefficient (Wildman–Crippen LogP) is 5.45. The molecule has 1 fully saturated rings. The van der Waals surface area contributed by atoms with Crippen LogP contribution in [0.2, 0.25) is 5.02 Å². The number of anilines is 1. The van der Waals surface area contributed by atoms with Gasteiger partial charge in [-0.15, -0.1) is 0 Å². The van der Waals surface area contributed by atoms with E-state index in [0.29, 0.717) is 12.3 Å². The Balaban J connectivity index is 1.31. The molecule has 1 heterocycles. The zero-order chi connectivity index (χ0) is 24.2. The number of aryl methyl sites for hydroxylation is 1. The van der Waals surface area contributed by atoms with E-state index in [0.717, 1.165) is 16.8 Å². The van der Waals surface area contributed by atoms with Crippen molar-refractivity contribution in [3.63, 3.8) is 0 Å². The maximum Gasteiger partial charge on any atom is 0.311 e. The van der Waals surface area contributed by atoms with E-state index >= 15 is 0 Å². The van der Waals surface area contributed by atoms with Crippen LogP contribution in [-0.4, -0.2) is 23.3 Å². The Labute approximate surface area is 200 Å². The highest BCUT2D eigenvalue weighted by atomic mass is 35.5. The van der Waals surface area contributed by atoms with Crippen LogP contribution >= 0.6 is 11.6 Å². The smallest absolute Gasteiger partial charge is 0.311 e. The van der Waals surface area contributed by atoms with Gasteiger partial charge in [0.15, 0.2) is 0 Å². The third-order valence-corrected chi connectivity index (χ3v) is 5.76. The van der Waals surface area contributed by atoms with E-state index in [4.69, 9.17) is 21.1 Å². The van der Waals surface area contributed by atoms with Crippen molar-refractivity contribution >= 4 is 34.9 Å². The first-order valence-corrected chi connectivity index (χ1v) is 10.9. The monoisotopic (exact) mass is 480 g/mol. The number of nitro benzene ring substituents is 1. The highest BCUT2D eigenvalue weighted by Gasteiger charge is 2.36. The molecule has 3 aromatic carbocycles. The molecular weight excluding hydrogens is 460 g/mol. The third kappa shape index (κ3) is 5.35. The van der Waals surface area contributed by atoms with Gasteiger partial charge in [0.25, 0.3) is 5.69 Å². The molecule has 9 heteroatoms. The first kappa shape index (κ1) is 23.3. The number of amides is 1. The number of ether oxygens (including phenoxy) is 2. The first-order valence-electron chi connectivity index (χ1n) is 10.5. The number of carbonyl (C=O) groups is 2. The summed E-state index contributed by atoms with van der Waals surface area (Å²) < 4.78 is 11.1. The largest absolute Gasteiger partial charge is 0.461 e. The van der Waals surface area contributed by atoms with Gasteiger partial charge in [-0.1, -0.05) is 41.4 Å². The molecule has 1 amide bonds. The maximum atomic E-state index is 12.5. The SMILES string of the molecule is Cc1ccc(N2C[C@H](C(=O)OCc3ccc(Oc4ccc([N+](=O)[O-])cc4Cl)cc3)CC2=O)cc1. The van der Waals surface area contributed by atoms with E-state index < -0.39 is 16.8 Å². The molecule has 0 unspecified atom stereocenters. The number of carbonyl (C=O) groups excluding carboxylic acids is 2. The van der Waals surface area contributed by atoms with Gasteiger partial charge < -0.3 is 14.4 Å². The van der Waals surface area contributed by atoms with Crippen LogP contribution in [0, 0.1) is 23.0 Å². The van der Waals surface area contributed by atoms with Gasteiger partial charge in [0.2, 0.25) is 5.91 Å². The highest BCUT2D eigenvalue weighted by Crippen LogP contribution is 2.32. The number of rotatable bonds is 7. The van der Waals surface area contributed by atoms with Gasteiger partial charge in [-0.2, -0.15) is 0 Å². The van der Waals surface area contributed by atoms with Crippen molar-refractivity contribution in [2.24, 2.45) is 5.92 Å². The van der Waals surface area contributed by atoms with E-state index in [1.807, 2.05) is 31.2 Å². The minimum Gasteiger partial charge on any atom is -0.461 e. The van der Waals surface area contributed by atoms with Crippen LogP contribution in [0.1, 0.15) is 17.5 Å². The molecule has 0 aliphatic carbocycles. The fraction of sp³-hybridized carbons (Fsp3) is 0.200. The molecule has 1 aliphatic heterocycles. The predicted molar refractivity (Wildman–Crippen MR) is 126 cm³/mol. The van der Waals surface area contributed by atoms with Crippen molar-refractivity contribution in [3.8, 4) is 11.5 Å². The van der Waals surface area contributed by atoms with Gasteiger partial charge in [0.1, 0.15) is 18.1 Å². The molecule has 1 aliphatic rings. The van der Waals surface area contributed by atoms with Crippen LogP contribution in [0.4, 0.5) is 11.4 Å². The maximum absolute atomic E-state index is 12.5. The molecule has 0 spiro atoms. The van der Waals surface area contributed by atoms with Crippen LogP contribution in [0.5, 0.6) is 11.5 Å². The van der Waals surface area contributed by atoms with E-state index in [1.54, 1.807) is 29.2 Å². The van der Waals surface area contributed by atoms with Gasteiger partial charge in [0.05, 0.1) is 15.9 Å². The van der Waals surface area contributed by atoms with Crippen LogP contribution in [0.15, 0.2) is 66.7 Å². The summed E-state index contributed by atoms with van der Waals surface area (Å²) >= 11 is 6.05. The number of halogens is 1. The van der Waals surface area contributed by atoms with Crippen LogP contribution < -0.4 is 9.64 Å². The first-order chi connectivity index (χ1) is 16.3. The van der Waals surface area contributed by atoms with Crippen molar-refractivity contribution in [1.29, 1.82) is 0 Å². The summed E-state index contributed by atoms with van der Waals surface area (Å²) in [5.41, 5.74) is 2.49. The summed E-state index contributed by atoms with van der Waals surface area (Å²) in [7, 11) is 0. The Morgan fingerprint density at radius 3 is 2.47 bits per heavy atom. The van der Waals surface area contributed by atoms with E-state index in [9.17, 15) is 19.7 Å². The Morgan fingerprint density at radius 2 is 1.82 bits per heavy atom. The molecule has 34 heavy (non-hydrogen) atoms. The Hall–Kier alpha value is -3.91. The quantitative estimate of drug-likeness (QED) is 0.253. The van der Waals surface area contributed by atoms with E-state index in [2.05, 4.69) is 0 Å². The number of nitrogens with zero attached hydrogens (tertiary/aromatic N) is 2. The van der Waals surface area contributed by atoms with Gasteiger partial charge in [-0.05, 0) is 42.8 Å². The zero-order valence-electron chi connectivity index (χ0n) is 18.3. The van der Waals surface area contributed by atoms with Crippen molar-refractivity contribution in [3.05, 3.63) is 93.0 Å². The summed E-state index contributed by atoms with van der Waals surface area (Å²) in [6, 6.07) is 18.4. The lowest BCUT2D eigenvalue weighted by Crippen LogP contribution is -2.26. The van der Waals surface area contributed by atoms with Gasteiger partial charge in [-0.25, -0.2) is 0 Å². The molecule has 1 saturated heterocycles. The molecule has 4 rings (SSSR count). The van der Waals surface area contributed by atoms with Crippen LogP contribution in [-0.2, 0) is 20.9 Å². The number of benzene rings is 3. The van der Waals surface area contributed by atoms with Gasteiger partial charge >= 0.3 is 5.97 Å². The second-order valence-electron chi connectivity index (χ2n) is 7.97. The molecule has 0 bridgehead atoms. The minimum atomic E-state index is -0.534. The molecule has 174 valence electrons. The standard InChI is InChI=1S/C25H21ClN2O6/c1-16-2-6-19(7-3-16)27-14-18(12-24(27)29)25(30)33-15-17-4-9-21(10-5-17)34-23-11-8-20(28(31)32)13-22(23)26/h2-11,13,18H,12,14-15H2,1H3/t18-/m1/s1. The molecule has 3 aromatic rings. The zero-order valence-corrected chi connectivity index (χ0v) is 19.0. The molecule has 8 nitrogen and oxygen atoms in total. The molecule has 0 saturated carbocycles. The summed E-state index contributed by atoms with van der Waals surface area (Å²) in [6.07, 6.45) is 0.121. The second kappa shape index (κ2) is 9.93. The molecule has 0 radical (unpaired) electrons. The lowest BCUT2D eigenvalue weighted by Gasteiger charge is -2.16. The van der Waals surface area contributed by atoms with Crippen LogP contribution in [0.25, 0.3) is 0 Å². The van der Waals surface area contributed by atoms with Gasteiger partial charge in [0, 0.05) is 30.8 Å². The Kier molecular flexibility index (Phi) is 6.79. The van der Waals surface area contributed by atoms with Gasteiger partial charge in [-0.3, -0.25) is 19.7 Å². The number of hydrogen-bond acceptors (Lipinski definition) is 6. The molecule has 0 aromatic heterocycles. The second-order valence-corrected chi connectivity index (χ2v) is 8.37. The number of nitro groups is 1. The van der Waals surface area contributed by atoms with E-state index in [1.165, 1.54) is 18.2 Å². The average molecular weight is 481 g/mol. The lowest BCUT2D eigenvalue weighted by atomic mass is 10.1. The Bertz CT molecular complexity index is 1230. The number of esters is 1. The normalized spacial score (nSPS) is 15.3. The van der Waals surface area contributed by atoms with Crippen molar-refractivity contribution in [2.45, 2.75) is 20.0 Å². The number of non-ortho nitro benzene ring substituents is 1. The number of hydrogen-bond donors (Lipinski definition) is 0. The van der Waals surface area contributed by atoms with Crippen molar-refractivity contribution < 1.29 is 24.0 Å². The Morgan fingerprint density at radius 1 is 1.12 bits per heavy atom. The summed E-state index contributed by atoms with van der Waals surface area (Å²) in [4.78, 5) is 36.8. The average Bonchev–Trinajstić information content (AvgIpc) is 3.21. The highest BCUT2D eigenvalue weighted by molar-refractivity contribution is 6.32. The van der Waals surface area contributed by atoms with Crippen molar-refractivity contribution in [1.82, 2.24) is 0 Å². The van der Waals surface area contributed by atoms with E-state index in [-0.39, 0.29) is 35.4 Å². The van der Waals surface area contributed by atoms with Crippen LogP contribution in [0.3, 0.4) is 0 Å². The third-order valence-electron chi connectivity index (χ3n) is 5.46. The summed E-state index contributed by atoms with van der Waals surface area (Å²) in [6.45, 7) is 2.33. The molecular formula is C25H21ClN2O6. The summed E-state index contributed by atoms with van der Waals surface area (Å²) in [5.74, 6) is -0.268. The fourth-order valence-corrected chi connectivity index (χ4v) is 3.79. The lowest BCUT2D eigenvalue weighted by molar-refractivity contribution is -0.384. The van der Waals surface area contributed by atoms with Crippen molar-refractivity contribution in [2.75, 3.05) is 11.4 Å². The topological polar surface area (TPSA) is 99.0 Å². The minimum absolute atomic E-state index is 0.0621.